The molecule has 0 unspecified atom stereocenters. The molecular weight excluding hydrogens is 292 g/mol. The summed E-state index contributed by atoms with van der Waals surface area (Å²) in [5.74, 6) is -0.280. The number of nitrogens with one attached hydrogen (secondary N) is 1. The molecule has 1 rings (SSSR count). The summed E-state index contributed by atoms with van der Waals surface area (Å²) in [5.41, 5.74) is -0.627. The summed E-state index contributed by atoms with van der Waals surface area (Å²) in [6.45, 7) is 6.13. The summed E-state index contributed by atoms with van der Waals surface area (Å²) in [7, 11) is 1.60. The fourth-order valence-electron chi connectivity index (χ4n) is 1.92. The van der Waals surface area contributed by atoms with Gasteiger partial charge in [-0.2, -0.15) is 0 Å². The molecule has 1 aromatic heterocycles. The molecule has 0 fully saturated rings. The van der Waals surface area contributed by atoms with E-state index in [1.165, 1.54) is 0 Å². The summed E-state index contributed by atoms with van der Waals surface area (Å²) in [5, 5.41) is 20.2. The van der Waals surface area contributed by atoms with Crippen molar-refractivity contribution in [3.63, 3.8) is 0 Å². The normalized spacial score (nSPS) is 11.4. The molecular formula is C13H22N4O3S. The molecule has 0 saturated heterocycles. The minimum Gasteiger partial charge on any atom is -0.481 e. The van der Waals surface area contributed by atoms with E-state index in [-0.39, 0.29) is 11.7 Å². The zero-order valence-corrected chi connectivity index (χ0v) is 13.7. The van der Waals surface area contributed by atoms with E-state index in [4.69, 9.17) is 5.11 Å². The molecule has 1 aromatic rings. The van der Waals surface area contributed by atoms with E-state index >= 15 is 0 Å². The van der Waals surface area contributed by atoms with E-state index in [0.717, 1.165) is 30.4 Å². The number of carboxylic acids is 1. The third-order valence-corrected chi connectivity index (χ3v) is 3.94. The predicted molar refractivity (Wildman–Crippen MR) is 80.2 cm³/mol. The van der Waals surface area contributed by atoms with Crippen LogP contribution < -0.4 is 5.32 Å². The quantitative estimate of drug-likeness (QED) is 0.699. The largest absolute Gasteiger partial charge is 0.481 e. The minimum atomic E-state index is -0.905. The third kappa shape index (κ3) is 4.73. The van der Waals surface area contributed by atoms with Crippen molar-refractivity contribution in [3.05, 3.63) is 5.82 Å². The highest BCUT2D eigenvalue weighted by Gasteiger charge is 2.29. The Morgan fingerprint density at radius 1 is 1.38 bits per heavy atom. The zero-order chi connectivity index (χ0) is 16.0. The van der Waals surface area contributed by atoms with Crippen molar-refractivity contribution >= 4 is 23.6 Å². The van der Waals surface area contributed by atoms with Crippen molar-refractivity contribution in [1.82, 2.24) is 20.1 Å². The molecule has 2 N–H and O–H groups in total. The van der Waals surface area contributed by atoms with Crippen LogP contribution in [-0.2, 0) is 22.6 Å². The van der Waals surface area contributed by atoms with Gasteiger partial charge in [-0.1, -0.05) is 18.7 Å². The Hall–Kier alpha value is -1.57. The lowest BCUT2D eigenvalue weighted by atomic mass is 9.92. The smallest absolute Gasteiger partial charge is 0.313 e. The summed E-state index contributed by atoms with van der Waals surface area (Å²) >= 11 is 1.12. The Morgan fingerprint density at radius 3 is 2.57 bits per heavy atom. The number of aromatic nitrogens is 3. The number of amides is 1. The maximum atomic E-state index is 11.9. The number of carbonyl (C=O) groups is 2. The topological polar surface area (TPSA) is 97.1 Å². The van der Waals surface area contributed by atoms with Gasteiger partial charge in [0.15, 0.2) is 5.16 Å². The average Bonchev–Trinajstić information content (AvgIpc) is 2.78. The Balaban J connectivity index is 3.02. The number of aryl methyl sites for hydroxylation is 1. The maximum absolute atomic E-state index is 11.9. The van der Waals surface area contributed by atoms with Crippen LogP contribution >= 0.6 is 11.8 Å². The molecule has 0 aliphatic heterocycles. The lowest BCUT2D eigenvalue weighted by Gasteiger charge is -2.24. The number of thioether (sulfide) groups is 1. The first kappa shape index (κ1) is 17.5. The number of carbonyl (C=O) groups excluding carboxylic acids is 1. The highest BCUT2D eigenvalue weighted by molar-refractivity contribution is 7.99. The third-order valence-electron chi connectivity index (χ3n) is 2.99. The number of aliphatic carboxylic acids is 1. The molecule has 1 heterocycles. The standard InChI is InChI=1S/C13H22N4O3S/c1-5-6-9-15-16-12(21-7-10(18)19)17(9)8-13(2,3)11(20)14-4/h5-8H2,1-4H3,(H,14,20)(H,18,19). The fourth-order valence-corrected chi connectivity index (χ4v) is 2.60. The summed E-state index contributed by atoms with van der Waals surface area (Å²) in [4.78, 5) is 22.7. The Labute approximate surface area is 128 Å². The molecule has 1 amide bonds. The van der Waals surface area contributed by atoms with Gasteiger partial charge >= 0.3 is 5.97 Å². The van der Waals surface area contributed by atoms with Crippen LogP contribution in [-0.4, -0.2) is 44.5 Å². The fraction of sp³-hybridized carbons (Fsp3) is 0.692. The zero-order valence-electron chi connectivity index (χ0n) is 12.8. The van der Waals surface area contributed by atoms with E-state index in [1.807, 2.05) is 25.3 Å². The molecule has 21 heavy (non-hydrogen) atoms. The van der Waals surface area contributed by atoms with Gasteiger partial charge < -0.3 is 15.0 Å². The van der Waals surface area contributed by atoms with Crippen LogP contribution in [0.25, 0.3) is 0 Å². The number of rotatable bonds is 8. The molecule has 8 heteroatoms. The number of nitrogens with zero attached hydrogens (tertiary/aromatic N) is 3. The van der Waals surface area contributed by atoms with Crippen LogP contribution in [0.2, 0.25) is 0 Å². The van der Waals surface area contributed by atoms with Crippen molar-refractivity contribution in [2.24, 2.45) is 5.41 Å². The molecule has 7 nitrogen and oxygen atoms in total. The first-order chi connectivity index (χ1) is 9.81. The highest BCUT2D eigenvalue weighted by Crippen LogP contribution is 2.25. The first-order valence-electron chi connectivity index (χ1n) is 6.80. The summed E-state index contributed by atoms with van der Waals surface area (Å²) in [6, 6.07) is 0. The second-order valence-electron chi connectivity index (χ2n) is 5.38. The van der Waals surface area contributed by atoms with E-state index in [1.54, 1.807) is 7.05 Å². The SMILES string of the molecule is CCCc1nnc(SCC(=O)O)n1CC(C)(C)C(=O)NC. The van der Waals surface area contributed by atoms with Gasteiger partial charge in [0.2, 0.25) is 5.91 Å². The van der Waals surface area contributed by atoms with Crippen LogP contribution in [0.4, 0.5) is 0 Å². The number of hydrogen-bond acceptors (Lipinski definition) is 5. The van der Waals surface area contributed by atoms with Gasteiger partial charge in [0.1, 0.15) is 5.82 Å². The molecule has 0 aromatic carbocycles. The molecule has 0 bridgehead atoms. The van der Waals surface area contributed by atoms with Crippen molar-refractivity contribution in [1.29, 1.82) is 0 Å². The number of hydrogen-bond donors (Lipinski definition) is 2. The molecule has 0 saturated carbocycles. The monoisotopic (exact) mass is 314 g/mol. The van der Waals surface area contributed by atoms with Crippen LogP contribution in [0.3, 0.4) is 0 Å². The molecule has 0 spiro atoms. The minimum absolute atomic E-state index is 0.0761. The van der Waals surface area contributed by atoms with E-state index in [0.29, 0.717) is 11.7 Å². The predicted octanol–water partition coefficient (Wildman–Crippen LogP) is 1.18. The van der Waals surface area contributed by atoms with Crippen molar-refractivity contribution in [2.45, 2.75) is 45.3 Å². The van der Waals surface area contributed by atoms with Gasteiger partial charge in [0, 0.05) is 20.0 Å². The van der Waals surface area contributed by atoms with Gasteiger partial charge in [-0.15, -0.1) is 10.2 Å². The lowest BCUT2D eigenvalue weighted by molar-refractivity contribution is -0.134. The molecule has 118 valence electrons. The Bertz CT molecular complexity index is 514. The van der Waals surface area contributed by atoms with Gasteiger partial charge in [0.05, 0.1) is 11.2 Å². The summed E-state index contributed by atoms with van der Waals surface area (Å²) < 4.78 is 1.85. The van der Waals surface area contributed by atoms with E-state index in [9.17, 15) is 9.59 Å². The van der Waals surface area contributed by atoms with Crippen LogP contribution in [0, 0.1) is 5.41 Å². The van der Waals surface area contributed by atoms with Gasteiger partial charge in [0.25, 0.3) is 0 Å². The van der Waals surface area contributed by atoms with Gasteiger partial charge in [-0.3, -0.25) is 9.59 Å². The Kier molecular flexibility index (Phi) is 6.19. The molecule has 0 aliphatic carbocycles. The van der Waals surface area contributed by atoms with Crippen molar-refractivity contribution in [3.8, 4) is 0 Å². The highest BCUT2D eigenvalue weighted by atomic mass is 32.2. The van der Waals surface area contributed by atoms with E-state index < -0.39 is 11.4 Å². The second kappa shape index (κ2) is 7.44. The van der Waals surface area contributed by atoms with Crippen molar-refractivity contribution < 1.29 is 14.7 Å². The lowest BCUT2D eigenvalue weighted by Crippen LogP contribution is -2.38. The van der Waals surface area contributed by atoms with Crippen LogP contribution in [0.5, 0.6) is 0 Å². The Morgan fingerprint density at radius 2 is 2.05 bits per heavy atom. The molecule has 0 atom stereocenters. The maximum Gasteiger partial charge on any atom is 0.313 e. The average molecular weight is 314 g/mol. The second-order valence-corrected chi connectivity index (χ2v) is 6.32. The van der Waals surface area contributed by atoms with E-state index in [2.05, 4.69) is 15.5 Å². The molecule has 0 radical (unpaired) electrons. The first-order valence-corrected chi connectivity index (χ1v) is 7.79. The van der Waals surface area contributed by atoms with Crippen LogP contribution in [0.1, 0.15) is 33.0 Å². The van der Waals surface area contributed by atoms with Gasteiger partial charge in [-0.05, 0) is 20.3 Å². The van der Waals surface area contributed by atoms with Gasteiger partial charge in [-0.25, -0.2) is 0 Å². The summed E-state index contributed by atoms with van der Waals surface area (Å²) in [6.07, 6.45) is 1.65. The molecule has 0 aliphatic rings. The van der Waals surface area contributed by atoms with Crippen molar-refractivity contribution in [2.75, 3.05) is 12.8 Å². The van der Waals surface area contributed by atoms with Crippen LogP contribution in [0.15, 0.2) is 5.16 Å². The number of carboxylic acid groups (broad SMARTS) is 1.